The number of nitrogens with zero attached hydrogens (tertiary/aromatic N) is 3. The maximum atomic E-state index is 12.8. The first-order valence-corrected chi connectivity index (χ1v) is 9.47. The van der Waals surface area contributed by atoms with Crippen molar-refractivity contribution in [3.05, 3.63) is 68.5 Å². The molecule has 27 heavy (non-hydrogen) atoms. The van der Waals surface area contributed by atoms with Crippen molar-refractivity contribution < 1.29 is 9.66 Å². The first-order chi connectivity index (χ1) is 13.0. The normalized spacial score (nSPS) is 10.9. The quantitative estimate of drug-likeness (QED) is 0.264. The van der Waals surface area contributed by atoms with Gasteiger partial charge in [-0.1, -0.05) is 36.9 Å². The number of nitro benzene ring substituents is 1. The topological polar surface area (TPSA) is 87.3 Å². The third-order valence-electron chi connectivity index (χ3n) is 4.08. The van der Waals surface area contributed by atoms with Crippen LogP contribution in [0.5, 0.6) is 5.75 Å². The number of benzene rings is 2. The summed E-state index contributed by atoms with van der Waals surface area (Å²) < 4.78 is 6.70. The second kappa shape index (κ2) is 8.22. The highest BCUT2D eigenvalue weighted by atomic mass is 32.2. The van der Waals surface area contributed by atoms with Gasteiger partial charge in [-0.2, -0.15) is 0 Å². The van der Waals surface area contributed by atoms with E-state index in [1.54, 1.807) is 22.8 Å². The van der Waals surface area contributed by atoms with E-state index in [2.05, 4.69) is 4.98 Å². The number of methoxy groups -OCH3 is 1. The Labute approximate surface area is 160 Å². The van der Waals surface area contributed by atoms with Crippen molar-refractivity contribution in [2.24, 2.45) is 0 Å². The molecule has 0 saturated heterocycles. The number of aromatic nitrogens is 2. The maximum Gasteiger partial charge on any atom is 0.311 e. The molecule has 0 amide bonds. The average Bonchev–Trinajstić information content (AvgIpc) is 2.68. The largest absolute Gasteiger partial charge is 0.490 e. The molecule has 0 aliphatic carbocycles. The molecule has 140 valence electrons. The smallest absolute Gasteiger partial charge is 0.311 e. The summed E-state index contributed by atoms with van der Waals surface area (Å²) in [7, 11) is 1.40. The number of hydrogen-bond acceptors (Lipinski definition) is 6. The number of thioether (sulfide) groups is 1. The average molecular weight is 385 g/mol. The highest BCUT2D eigenvalue weighted by Gasteiger charge is 2.16. The van der Waals surface area contributed by atoms with Gasteiger partial charge in [-0.25, -0.2) is 4.98 Å². The Morgan fingerprint density at radius 2 is 2.04 bits per heavy atom. The zero-order valence-corrected chi connectivity index (χ0v) is 15.9. The van der Waals surface area contributed by atoms with Crippen molar-refractivity contribution in [1.29, 1.82) is 0 Å². The van der Waals surface area contributed by atoms with Gasteiger partial charge in [0, 0.05) is 18.4 Å². The Hall–Kier alpha value is -2.87. The fourth-order valence-corrected chi connectivity index (χ4v) is 3.76. The van der Waals surface area contributed by atoms with Crippen molar-refractivity contribution in [1.82, 2.24) is 9.55 Å². The van der Waals surface area contributed by atoms with Gasteiger partial charge in [0.1, 0.15) is 0 Å². The van der Waals surface area contributed by atoms with Gasteiger partial charge in [-0.15, -0.1) is 0 Å². The Balaban J connectivity index is 1.95. The summed E-state index contributed by atoms with van der Waals surface area (Å²) in [5.74, 6) is 0.680. The van der Waals surface area contributed by atoms with Gasteiger partial charge in [0.05, 0.1) is 22.9 Å². The first kappa shape index (κ1) is 18.9. The lowest BCUT2D eigenvalue weighted by molar-refractivity contribution is -0.385. The van der Waals surface area contributed by atoms with Crippen molar-refractivity contribution in [2.45, 2.75) is 30.8 Å². The molecule has 1 aromatic heterocycles. The second-order valence-corrected chi connectivity index (χ2v) is 6.86. The van der Waals surface area contributed by atoms with Crippen LogP contribution in [-0.4, -0.2) is 21.6 Å². The van der Waals surface area contributed by atoms with Gasteiger partial charge >= 0.3 is 5.69 Å². The summed E-state index contributed by atoms with van der Waals surface area (Å²) in [6.07, 6.45) is 0.807. The highest BCUT2D eigenvalue weighted by Crippen LogP contribution is 2.30. The number of rotatable bonds is 7. The molecule has 0 aliphatic rings. The Bertz CT molecular complexity index is 1050. The van der Waals surface area contributed by atoms with Crippen molar-refractivity contribution in [3.63, 3.8) is 0 Å². The predicted molar refractivity (Wildman–Crippen MR) is 106 cm³/mol. The third kappa shape index (κ3) is 3.95. The second-order valence-electron chi connectivity index (χ2n) is 5.92. The molecule has 0 fully saturated rings. The molecule has 3 rings (SSSR count). The van der Waals surface area contributed by atoms with E-state index in [0.717, 1.165) is 12.0 Å². The van der Waals surface area contributed by atoms with E-state index in [-0.39, 0.29) is 17.0 Å². The molecule has 0 atom stereocenters. The van der Waals surface area contributed by atoms with E-state index in [0.29, 0.717) is 28.4 Å². The van der Waals surface area contributed by atoms with Crippen LogP contribution in [0.2, 0.25) is 0 Å². The summed E-state index contributed by atoms with van der Waals surface area (Å²) in [5.41, 5.74) is 1.27. The fraction of sp³-hybridized carbons (Fsp3) is 0.263. The summed E-state index contributed by atoms with van der Waals surface area (Å²) in [5, 5.41) is 12.4. The minimum Gasteiger partial charge on any atom is -0.490 e. The molecule has 0 unspecified atom stereocenters. The minimum atomic E-state index is -0.464. The lowest BCUT2D eigenvalue weighted by Crippen LogP contribution is -2.23. The number of fused-ring (bicyclic) bond motifs is 1. The van der Waals surface area contributed by atoms with Crippen LogP contribution in [0.25, 0.3) is 10.9 Å². The van der Waals surface area contributed by atoms with Gasteiger partial charge in [-0.05, 0) is 30.2 Å². The number of nitro groups is 1. The van der Waals surface area contributed by atoms with Crippen LogP contribution in [0.3, 0.4) is 0 Å². The molecular formula is C19H19N3O4S. The predicted octanol–water partition coefficient (Wildman–Crippen LogP) is 4.02. The van der Waals surface area contributed by atoms with Crippen LogP contribution in [0.15, 0.2) is 52.4 Å². The van der Waals surface area contributed by atoms with Crippen LogP contribution in [-0.2, 0) is 12.3 Å². The molecule has 0 spiro atoms. The van der Waals surface area contributed by atoms with Gasteiger partial charge < -0.3 is 4.74 Å². The van der Waals surface area contributed by atoms with Gasteiger partial charge in [0.2, 0.25) is 0 Å². The van der Waals surface area contributed by atoms with E-state index in [9.17, 15) is 14.9 Å². The molecule has 2 aromatic carbocycles. The van der Waals surface area contributed by atoms with Crippen LogP contribution < -0.4 is 10.3 Å². The van der Waals surface area contributed by atoms with Crippen LogP contribution in [0.1, 0.15) is 18.9 Å². The summed E-state index contributed by atoms with van der Waals surface area (Å²) in [6.45, 7) is 2.57. The zero-order chi connectivity index (χ0) is 19.4. The molecule has 0 radical (unpaired) electrons. The lowest BCUT2D eigenvalue weighted by atomic mass is 10.2. The SMILES string of the molecule is CCCn1c(SCc2ccc(OC)c([N+](=O)[O-])c2)nc2ccccc2c1=O. The van der Waals surface area contributed by atoms with Crippen molar-refractivity contribution in [2.75, 3.05) is 7.11 Å². The van der Waals surface area contributed by atoms with E-state index >= 15 is 0 Å². The number of hydrogen-bond donors (Lipinski definition) is 0. The van der Waals surface area contributed by atoms with E-state index in [1.165, 1.54) is 24.9 Å². The molecule has 0 aliphatic heterocycles. The van der Waals surface area contributed by atoms with E-state index in [4.69, 9.17) is 4.74 Å². The maximum absolute atomic E-state index is 12.8. The molecular weight excluding hydrogens is 366 g/mol. The van der Waals surface area contributed by atoms with Crippen molar-refractivity contribution >= 4 is 28.4 Å². The standard InChI is InChI=1S/C19H19N3O4S/c1-3-10-21-18(23)14-6-4-5-7-15(14)20-19(21)27-12-13-8-9-17(26-2)16(11-13)22(24)25/h4-9,11H,3,10,12H2,1-2H3. The Morgan fingerprint density at radius 1 is 1.26 bits per heavy atom. The van der Waals surface area contributed by atoms with Crippen LogP contribution in [0.4, 0.5) is 5.69 Å². The molecule has 8 heteroatoms. The number of para-hydroxylation sites is 1. The summed E-state index contributed by atoms with van der Waals surface area (Å²) in [4.78, 5) is 28.1. The molecule has 7 nitrogen and oxygen atoms in total. The van der Waals surface area contributed by atoms with Gasteiger partial charge in [-0.3, -0.25) is 19.5 Å². The monoisotopic (exact) mass is 385 g/mol. The summed E-state index contributed by atoms with van der Waals surface area (Å²) in [6, 6.07) is 12.1. The zero-order valence-electron chi connectivity index (χ0n) is 15.0. The van der Waals surface area contributed by atoms with E-state index in [1.807, 2.05) is 25.1 Å². The lowest BCUT2D eigenvalue weighted by Gasteiger charge is -2.12. The molecule has 0 N–H and O–H groups in total. The fourth-order valence-electron chi connectivity index (χ4n) is 2.79. The summed E-state index contributed by atoms with van der Waals surface area (Å²) >= 11 is 1.39. The van der Waals surface area contributed by atoms with E-state index < -0.39 is 4.92 Å². The molecule has 1 heterocycles. The first-order valence-electron chi connectivity index (χ1n) is 8.48. The Morgan fingerprint density at radius 3 is 2.74 bits per heavy atom. The van der Waals surface area contributed by atoms with Gasteiger partial charge in [0.15, 0.2) is 10.9 Å². The minimum absolute atomic E-state index is 0.0642. The van der Waals surface area contributed by atoms with Gasteiger partial charge in [0.25, 0.3) is 5.56 Å². The van der Waals surface area contributed by atoms with Crippen molar-refractivity contribution in [3.8, 4) is 5.75 Å². The number of ether oxygens (including phenoxy) is 1. The molecule has 3 aromatic rings. The molecule has 0 bridgehead atoms. The van der Waals surface area contributed by atoms with Crippen LogP contribution in [0, 0.1) is 10.1 Å². The highest BCUT2D eigenvalue weighted by molar-refractivity contribution is 7.98. The molecule has 0 saturated carbocycles. The third-order valence-corrected chi connectivity index (χ3v) is 5.13. The van der Waals surface area contributed by atoms with Crippen LogP contribution >= 0.6 is 11.8 Å². The Kier molecular flexibility index (Phi) is 5.75.